The van der Waals surface area contributed by atoms with Gasteiger partial charge in [0.15, 0.2) is 0 Å². The molecule has 3 N–H and O–H groups in total. The van der Waals surface area contributed by atoms with Crippen molar-refractivity contribution in [2.45, 2.75) is 62.4 Å². The number of aromatic hydroxyl groups is 1. The summed E-state index contributed by atoms with van der Waals surface area (Å²) in [7, 11) is 1.39. The highest BCUT2D eigenvalue weighted by Gasteiger charge is 2.48. The van der Waals surface area contributed by atoms with Crippen LogP contribution in [-0.2, 0) is 0 Å². The van der Waals surface area contributed by atoms with Crippen molar-refractivity contribution in [3.05, 3.63) is 35.9 Å². The number of phenols is 1. The molecular formula is C22H25F2N5O2. The lowest BCUT2D eigenvalue weighted by Crippen LogP contribution is -2.57. The van der Waals surface area contributed by atoms with Crippen molar-refractivity contribution in [3.8, 4) is 17.0 Å². The number of rotatable bonds is 5. The molecule has 9 heteroatoms. The molecule has 5 rings (SSSR count). The first kappa shape index (κ1) is 20.1. The SMILES string of the molecule is CNC(=O)c1cc(O)c(-c2cnc(N(C3CC3)[C@@H]3C[C@H]4CC[C@H](N4)[C@@H]3F)cn2)cc1F. The van der Waals surface area contributed by atoms with E-state index >= 15 is 4.39 Å². The first-order chi connectivity index (χ1) is 15.0. The Kier molecular flexibility index (Phi) is 5.00. The van der Waals surface area contributed by atoms with Gasteiger partial charge in [-0.25, -0.2) is 13.8 Å². The molecule has 1 aliphatic carbocycles. The number of aromatic nitrogens is 2. The van der Waals surface area contributed by atoms with Crippen molar-refractivity contribution < 1.29 is 18.7 Å². The fraction of sp³-hybridized carbons (Fsp3) is 0.500. The molecule has 7 nitrogen and oxygen atoms in total. The smallest absolute Gasteiger partial charge is 0.254 e. The van der Waals surface area contributed by atoms with Crippen LogP contribution in [0.2, 0.25) is 0 Å². The first-order valence-electron chi connectivity index (χ1n) is 10.7. The molecule has 1 aromatic carbocycles. The van der Waals surface area contributed by atoms with E-state index in [1.165, 1.54) is 13.2 Å². The monoisotopic (exact) mass is 429 g/mol. The molecule has 3 aliphatic rings. The zero-order valence-corrected chi connectivity index (χ0v) is 17.2. The van der Waals surface area contributed by atoms with Crippen LogP contribution in [0.25, 0.3) is 11.3 Å². The van der Waals surface area contributed by atoms with Crippen LogP contribution in [0.3, 0.4) is 0 Å². The Labute approximate surface area is 178 Å². The van der Waals surface area contributed by atoms with Crippen LogP contribution in [0.5, 0.6) is 5.75 Å². The normalized spacial score (nSPS) is 27.2. The van der Waals surface area contributed by atoms with E-state index in [0.29, 0.717) is 11.9 Å². The summed E-state index contributed by atoms with van der Waals surface area (Å²) in [4.78, 5) is 22.7. The molecule has 0 radical (unpaired) electrons. The highest BCUT2D eigenvalue weighted by Crippen LogP contribution is 2.40. The molecule has 164 valence electrons. The van der Waals surface area contributed by atoms with Gasteiger partial charge >= 0.3 is 0 Å². The predicted octanol–water partition coefficient (Wildman–Crippen LogP) is 2.55. The highest BCUT2D eigenvalue weighted by atomic mass is 19.1. The van der Waals surface area contributed by atoms with E-state index in [0.717, 1.165) is 44.2 Å². The van der Waals surface area contributed by atoms with Crippen LogP contribution in [-0.4, -0.2) is 58.4 Å². The van der Waals surface area contributed by atoms with Crippen LogP contribution in [0.1, 0.15) is 42.5 Å². The zero-order valence-electron chi connectivity index (χ0n) is 17.2. The molecule has 3 heterocycles. The Balaban J connectivity index is 1.43. The number of fused-ring (bicyclic) bond motifs is 2. The van der Waals surface area contributed by atoms with Gasteiger partial charge in [0, 0.05) is 30.7 Å². The average molecular weight is 429 g/mol. The molecule has 2 aliphatic heterocycles. The standard InChI is InChI=1S/C22H25F2N5O2/c1-25-22(31)13-8-19(30)14(7-15(13)23)17-9-27-20(10-26-17)29(12-3-4-12)18-6-11-2-5-16(28-11)21(18)24/h7-12,16,18,21,28,30H,2-6H2,1H3,(H,25,31)/t11-,16+,18-,21+/m1/s1. The van der Waals surface area contributed by atoms with E-state index in [9.17, 15) is 14.3 Å². The first-order valence-corrected chi connectivity index (χ1v) is 10.7. The maximum Gasteiger partial charge on any atom is 0.254 e. The fourth-order valence-corrected chi connectivity index (χ4v) is 4.89. The number of phenolic OH excluding ortho intramolecular Hbond substituents is 1. The summed E-state index contributed by atoms with van der Waals surface area (Å²) in [6.45, 7) is 0. The minimum atomic E-state index is -0.962. The maximum atomic E-state index is 15.2. The van der Waals surface area contributed by atoms with Gasteiger partial charge in [-0.15, -0.1) is 0 Å². The fourth-order valence-electron chi connectivity index (χ4n) is 4.89. The number of hydrogen-bond donors (Lipinski definition) is 3. The molecule has 1 saturated carbocycles. The number of benzene rings is 1. The van der Waals surface area contributed by atoms with Gasteiger partial charge in [0.2, 0.25) is 0 Å². The van der Waals surface area contributed by atoms with E-state index in [1.54, 1.807) is 6.20 Å². The minimum Gasteiger partial charge on any atom is -0.507 e. The van der Waals surface area contributed by atoms with Crippen LogP contribution < -0.4 is 15.5 Å². The Morgan fingerprint density at radius 1 is 1.23 bits per heavy atom. The molecular weight excluding hydrogens is 404 g/mol. The summed E-state index contributed by atoms with van der Waals surface area (Å²) in [5, 5.41) is 16.0. The number of carbonyl (C=O) groups is 1. The van der Waals surface area contributed by atoms with Gasteiger partial charge in [-0.2, -0.15) is 0 Å². The lowest BCUT2D eigenvalue weighted by molar-refractivity contribution is 0.0958. The third-order valence-electron chi connectivity index (χ3n) is 6.59. The number of amides is 1. The molecule has 0 unspecified atom stereocenters. The number of nitrogens with zero attached hydrogens (tertiary/aromatic N) is 3. The van der Waals surface area contributed by atoms with Crippen LogP contribution >= 0.6 is 0 Å². The van der Waals surface area contributed by atoms with Crippen molar-refractivity contribution >= 4 is 11.7 Å². The van der Waals surface area contributed by atoms with Crippen LogP contribution in [0.4, 0.5) is 14.6 Å². The van der Waals surface area contributed by atoms with Crippen molar-refractivity contribution in [2.75, 3.05) is 11.9 Å². The van der Waals surface area contributed by atoms with E-state index in [2.05, 4.69) is 25.5 Å². The van der Waals surface area contributed by atoms with E-state index in [-0.39, 0.29) is 40.7 Å². The Hall–Kier alpha value is -2.81. The van der Waals surface area contributed by atoms with Crippen molar-refractivity contribution in [2.24, 2.45) is 0 Å². The van der Waals surface area contributed by atoms with Crippen molar-refractivity contribution in [1.82, 2.24) is 20.6 Å². The number of piperidine rings is 1. The molecule has 1 aromatic heterocycles. The lowest BCUT2D eigenvalue weighted by atomic mass is 9.96. The zero-order chi connectivity index (χ0) is 21.7. The molecule has 4 atom stereocenters. The molecule has 31 heavy (non-hydrogen) atoms. The average Bonchev–Trinajstić information content (AvgIpc) is 3.53. The predicted molar refractivity (Wildman–Crippen MR) is 111 cm³/mol. The van der Waals surface area contributed by atoms with E-state index in [1.807, 2.05) is 0 Å². The van der Waals surface area contributed by atoms with Gasteiger partial charge in [-0.3, -0.25) is 9.78 Å². The van der Waals surface area contributed by atoms with Gasteiger partial charge in [0.05, 0.1) is 29.7 Å². The minimum absolute atomic E-state index is 0.101. The van der Waals surface area contributed by atoms with Gasteiger partial charge in [0.1, 0.15) is 23.6 Å². The second-order valence-corrected chi connectivity index (χ2v) is 8.62. The van der Waals surface area contributed by atoms with Crippen LogP contribution in [0.15, 0.2) is 24.5 Å². The van der Waals surface area contributed by atoms with Crippen LogP contribution in [0, 0.1) is 5.82 Å². The Bertz CT molecular complexity index is 998. The number of halogens is 2. The highest BCUT2D eigenvalue weighted by molar-refractivity contribution is 5.95. The van der Waals surface area contributed by atoms with Crippen molar-refractivity contribution in [3.63, 3.8) is 0 Å². The summed E-state index contributed by atoms with van der Waals surface area (Å²) < 4.78 is 29.5. The number of anilines is 1. The van der Waals surface area contributed by atoms with Gasteiger partial charge in [0.25, 0.3) is 5.91 Å². The third kappa shape index (κ3) is 3.60. The quantitative estimate of drug-likeness (QED) is 0.677. The summed E-state index contributed by atoms with van der Waals surface area (Å²) >= 11 is 0. The topological polar surface area (TPSA) is 90.4 Å². The maximum absolute atomic E-state index is 15.2. The third-order valence-corrected chi connectivity index (χ3v) is 6.59. The summed E-state index contributed by atoms with van der Waals surface area (Å²) in [6.07, 6.45) is 6.67. The van der Waals surface area contributed by atoms with Gasteiger partial charge in [-0.05, 0) is 44.2 Å². The second-order valence-electron chi connectivity index (χ2n) is 8.62. The van der Waals surface area contributed by atoms with E-state index in [4.69, 9.17) is 0 Å². The number of nitrogens with one attached hydrogen (secondary N) is 2. The molecule has 2 saturated heterocycles. The second kappa shape index (κ2) is 7.71. The summed E-state index contributed by atoms with van der Waals surface area (Å²) in [5.41, 5.74) is 0.176. The van der Waals surface area contributed by atoms with Gasteiger partial charge in [-0.1, -0.05) is 0 Å². The molecule has 2 aromatic rings. The molecule has 1 amide bonds. The number of carbonyl (C=O) groups excluding carboxylic acids is 1. The Morgan fingerprint density at radius 2 is 2.03 bits per heavy atom. The summed E-state index contributed by atoms with van der Waals surface area (Å²) in [6, 6.07) is 2.42. The Morgan fingerprint density at radius 3 is 2.71 bits per heavy atom. The molecule has 0 spiro atoms. The lowest BCUT2D eigenvalue weighted by Gasteiger charge is -2.41. The molecule has 3 fully saturated rings. The van der Waals surface area contributed by atoms with E-state index < -0.39 is 17.9 Å². The largest absolute Gasteiger partial charge is 0.507 e. The van der Waals surface area contributed by atoms with Gasteiger partial charge < -0.3 is 20.6 Å². The number of alkyl halides is 1. The summed E-state index contributed by atoms with van der Waals surface area (Å²) in [5.74, 6) is -1.05. The molecule has 2 bridgehead atoms. The van der Waals surface area contributed by atoms with Crippen molar-refractivity contribution in [1.29, 1.82) is 0 Å². The number of hydrogen-bond acceptors (Lipinski definition) is 6.